The van der Waals surface area contributed by atoms with Crippen molar-refractivity contribution in [1.82, 2.24) is 24.5 Å². The summed E-state index contributed by atoms with van der Waals surface area (Å²) < 4.78 is 38.0. The Morgan fingerprint density at radius 2 is 1.91 bits per heavy atom. The zero-order valence-corrected chi connectivity index (χ0v) is 19.2. The van der Waals surface area contributed by atoms with E-state index in [1.807, 2.05) is 0 Å². The number of sulfonamides is 1. The van der Waals surface area contributed by atoms with E-state index >= 15 is 0 Å². The molecule has 1 saturated heterocycles. The lowest BCUT2D eigenvalue weighted by Crippen LogP contribution is -2.40. The van der Waals surface area contributed by atoms with Crippen molar-refractivity contribution in [2.75, 3.05) is 38.7 Å². The van der Waals surface area contributed by atoms with Crippen molar-refractivity contribution in [3.63, 3.8) is 0 Å². The standard InChI is InChI=1S/C20H21ClN6O5S/c1-31-17-7-6-16(12-18(17)33(29,30)26-8-10-32-11-9-26)22-19(28)13-27-24-20(23-25-27)14-2-4-15(21)5-3-14/h2-7,12H,8-11,13H2,1H3,(H,22,28). The molecule has 0 bridgehead atoms. The van der Waals surface area contributed by atoms with Gasteiger partial charge in [0, 0.05) is 29.4 Å². The lowest BCUT2D eigenvalue weighted by molar-refractivity contribution is -0.117. The Labute approximate surface area is 195 Å². The zero-order chi connectivity index (χ0) is 23.4. The van der Waals surface area contributed by atoms with Crippen LogP contribution in [0.3, 0.4) is 0 Å². The average molecular weight is 493 g/mol. The number of halogens is 1. The number of hydrogen-bond donors (Lipinski definition) is 1. The number of carbonyl (C=O) groups excluding carboxylic acids is 1. The summed E-state index contributed by atoms with van der Waals surface area (Å²) in [4.78, 5) is 13.6. The lowest BCUT2D eigenvalue weighted by atomic mass is 10.2. The third kappa shape index (κ3) is 5.30. The van der Waals surface area contributed by atoms with Crippen molar-refractivity contribution < 1.29 is 22.7 Å². The van der Waals surface area contributed by atoms with Gasteiger partial charge in [-0.3, -0.25) is 4.79 Å². The molecule has 1 aromatic heterocycles. The first-order valence-electron chi connectivity index (χ1n) is 9.96. The zero-order valence-electron chi connectivity index (χ0n) is 17.6. The van der Waals surface area contributed by atoms with Gasteiger partial charge >= 0.3 is 0 Å². The number of morpholine rings is 1. The fourth-order valence-corrected chi connectivity index (χ4v) is 4.95. The topological polar surface area (TPSA) is 129 Å². The second kappa shape index (κ2) is 9.83. The Balaban J connectivity index is 1.48. The minimum Gasteiger partial charge on any atom is -0.495 e. The number of rotatable bonds is 7. The predicted molar refractivity (Wildman–Crippen MR) is 119 cm³/mol. The summed E-state index contributed by atoms with van der Waals surface area (Å²) in [6.07, 6.45) is 0. The fraction of sp³-hybridized carbons (Fsp3) is 0.300. The molecule has 33 heavy (non-hydrogen) atoms. The van der Waals surface area contributed by atoms with E-state index < -0.39 is 15.9 Å². The molecule has 0 unspecified atom stereocenters. The summed E-state index contributed by atoms with van der Waals surface area (Å²) in [5.41, 5.74) is 1.00. The van der Waals surface area contributed by atoms with Crippen LogP contribution in [0.2, 0.25) is 5.02 Å². The van der Waals surface area contributed by atoms with Crippen LogP contribution < -0.4 is 10.1 Å². The van der Waals surface area contributed by atoms with Gasteiger partial charge in [0.2, 0.25) is 21.8 Å². The predicted octanol–water partition coefficient (Wildman–Crippen LogP) is 1.66. The Kier molecular flexibility index (Phi) is 6.88. The van der Waals surface area contributed by atoms with Gasteiger partial charge in [-0.1, -0.05) is 11.6 Å². The first kappa shape index (κ1) is 23.1. The molecule has 1 amide bonds. The minimum atomic E-state index is -3.82. The molecule has 0 saturated carbocycles. The van der Waals surface area contributed by atoms with E-state index in [0.29, 0.717) is 35.3 Å². The molecular weight excluding hydrogens is 472 g/mol. The third-order valence-electron chi connectivity index (χ3n) is 4.88. The highest BCUT2D eigenvalue weighted by Gasteiger charge is 2.29. The van der Waals surface area contributed by atoms with Gasteiger partial charge in [0.1, 0.15) is 17.2 Å². The molecule has 0 aliphatic carbocycles. The number of nitrogens with one attached hydrogen (secondary N) is 1. The van der Waals surface area contributed by atoms with Crippen molar-refractivity contribution in [2.24, 2.45) is 0 Å². The van der Waals surface area contributed by atoms with Gasteiger partial charge in [0.05, 0.1) is 20.3 Å². The van der Waals surface area contributed by atoms with Gasteiger partial charge < -0.3 is 14.8 Å². The highest BCUT2D eigenvalue weighted by Crippen LogP contribution is 2.30. The molecule has 13 heteroatoms. The van der Waals surface area contributed by atoms with E-state index in [0.717, 1.165) is 4.80 Å². The van der Waals surface area contributed by atoms with E-state index in [1.165, 1.54) is 23.5 Å². The number of hydrogen-bond acceptors (Lipinski definition) is 8. The van der Waals surface area contributed by atoms with Gasteiger partial charge in [-0.05, 0) is 47.7 Å². The number of ether oxygens (including phenoxy) is 2. The number of aromatic nitrogens is 4. The third-order valence-corrected chi connectivity index (χ3v) is 7.05. The average Bonchev–Trinajstić information content (AvgIpc) is 3.28. The van der Waals surface area contributed by atoms with E-state index in [1.54, 1.807) is 30.3 Å². The van der Waals surface area contributed by atoms with Gasteiger partial charge in [0.15, 0.2) is 0 Å². The number of anilines is 1. The van der Waals surface area contributed by atoms with Crippen molar-refractivity contribution >= 4 is 33.2 Å². The van der Waals surface area contributed by atoms with Crippen molar-refractivity contribution in [1.29, 1.82) is 0 Å². The Morgan fingerprint density at radius 3 is 2.61 bits per heavy atom. The molecule has 174 valence electrons. The summed E-state index contributed by atoms with van der Waals surface area (Å²) in [5, 5.41) is 15.3. The fourth-order valence-electron chi connectivity index (χ4n) is 3.24. The van der Waals surface area contributed by atoms with Crippen LogP contribution in [-0.4, -0.2) is 72.3 Å². The summed E-state index contributed by atoms with van der Waals surface area (Å²) >= 11 is 5.88. The SMILES string of the molecule is COc1ccc(NC(=O)Cn2nnc(-c3ccc(Cl)cc3)n2)cc1S(=O)(=O)N1CCOCC1. The van der Waals surface area contributed by atoms with Crippen LogP contribution in [0.1, 0.15) is 0 Å². The van der Waals surface area contributed by atoms with Gasteiger partial charge in [0.25, 0.3) is 0 Å². The Bertz CT molecular complexity index is 1240. The largest absolute Gasteiger partial charge is 0.495 e. The lowest BCUT2D eigenvalue weighted by Gasteiger charge is -2.26. The van der Waals surface area contributed by atoms with Gasteiger partial charge in [-0.25, -0.2) is 8.42 Å². The Hall–Kier alpha value is -3.06. The van der Waals surface area contributed by atoms with Crippen LogP contribution in [0.15, 0.2) is 47.4 Å². The summed E-state index contributed by atoms with van der Waals surface area (Å²) in [6.45, 7) is 0.923. The second-order valence-corrected chi connectivity index (χ2v) is 9.42. The molecule has 0 atom stereocenters. The summed E-state index contributed by atoms with van der Waals surface area (Å²) in [5.74, 6) is 0.0859. The first-order valence-corrected chi connectivity index (χ1v) is 11.8. The van der Waals surface area contributed by atoms with E-state index in [-0.39, 0.29) is 30.3 Å². The molecule has 1 N–H and O–H groups in total. The van der Waals surface area contributed by atoms with E-state index in [4.69, 9.17) is 21.1 Å². The molecule has 0 radical (unpaired) electrons. The quantitative estimate of drug-likeness (QED) is 0.527. The van der Waals surface area contributed by atoms with Crippen LogP contribution >= 0.6 is 11.6 Å². The molecule has 2 heterocycles. The van der Waals surface area contributed by atoms with Crippen molar-refractivity contribution in [2.45, 2.75) is 11.4 Å². The Morgan fingerprint density at radius 1 is 1.18 bits per heavy atom. The number of benzene rings is 2. The van der Waals surface area contributed by atoms with E-state index in [9.17, 15) is 13.2 Å². The highest BCUT2D eigenvalue weighted by atomic mass is 35.5. The minimum absolute atomic E-state index is 0.0337. The number of amides is 1. The van der Waals surface area contributed by atoms with Crippen molar-refractivity contribution in [3.8, 4) is 17.1 Å². The van der Waals surface area contributed by atoms with Crippen LogP contribution in [0, 0.1) is 0 Å². The molecule has 0 spiro atoms. The molecule has 3 aromatic rings. The van der Waals surface area contributed by atoms with Gasteiger partial charge in [-0.15, -0.1) is 10.2 Å². The maximum atomic E-state index is 13.1. The number of tetrazole rings is 1. The molecular formula is C20H21ClN6O5S. The molecule has 1 fully saturated rings. The number of nitrogens with zero attached hydrogens (tertiary/aromatic N) is 5. The number of methoxy groups -OCH3 is 1. The van der Waals surface area contributed by atoms with Crippen molar-refractivity contribution in [3.05, 3.63) is 47.5 Å². The van der Waals surface area contributed by atoms with Crippen LogP contribution in [-0.2, 0) is 26.1 Å². The van der Waals surface area contributed by atoms with Crippen LogP contribution in [0.25, 0.3) is 11.4 Å². The molecule has 11 nitrogen and oxygen atoms in total. The second-order valence-electron chi connectivity index (χ2n) is 7.08. The van der Waals surface area contributed by atoms with E-state index in [2.05, 4.69) is 20.7 Å². The smallest absolute Gasteiger partial charge is 0.248 e. The van der Waals surface area contributed by atoms with Crippen LogP contribution in [0.4, 0.5) is 5.69 Å². The number of carbonyl (C=O) groups is 1. The van der Waals surface area contributed by atoms with Gasteiger partial charge in [-0.2, -0.15) is 9.10 Å². The normalized spacial score (nSPS) is 14.7. The maximum absolute atomic E-state index is 13.1. The maximum Gasteiger partial charge on any atom is 0.248 e. The summed E-state index contributed by atoms with van der Waals surface area (Å²) in [7, 11) is -2.44. The molecule has 1 aliphatic heterocycles. The monoisotopic (exact) mass is 492 g/mol. The molecule has 1 aliphatic rings. The summed E-state index contributed by atoms with van der Waals surface area (Å²) in [6, 6.07) is 11.3. The molecule has 2 aromatic carbocycles. The first-order chi connectivity index (χ1) is 15.9. The highest BCUT2D eigenvalue weighted by molar-refractivity contribution is 7.89. The van der Waals surface area contributed by atoms with Crippen LogP contribution in [0.5, 0.6) is 5.75 Å². The molecule has 4 rings (SSSR count).